The Morgan fingerprint density at radius 2 is 2.08 bits per heavy atom. The van der Waals surface area contributed by atoms with Crippen LogP contribution in [0.4, 0.5) is 0 Å². The molecule has 7 heteroatoms. The zero-order valence-electron chi connectivity index (χ0n) is 14.9. The Bertz CT molecular complexity index is 757. The first-order chi connectivity index (χ1) is 11.3. The number of likely N-dealkylation sites (tertiary alicyclic amines) is 1. The molecule has 1 aliphatic heterocycles. The predicted molar refractivity (Wildman–Crippen MR) is 91.6 cm³/mol. The maximum atomic E-state index is 12.2. The van der Waals surface area contributed by atoms with Gasteiger partial charge in [0.15, 0.2) is 0 Å². The van der Waals surface area contributed by atoms with Crippen LogP contribution in [-0.4, -0.2) is 42.3 Å². The molecule has 1 fully saturated rings. The fraction of sp³-hybridized carbons (Fsp3) is 0.647. The standard InChI is InChI=1S/C17H26N6O/c1-17(2,3)15-7-8-16(24)23(19-15)12-14-6-5-9-22(14)11-13-10-21(4)20-18-13/h7-8,10,14H,5-6,9,11-12H2,1-4H3. The molecule has 0 aliphatic carbocycles. The Morgan fingerprint density at radius 3 is 2.75 bits per heavy atom. The minimum atomic E-state index is -0.0650. The summed E-state index contributed by atoms with van der Waals surface area (Å²) in [5.74, 6) is 0. The van der Waals surface area contributed by atoms with Crippen molar-refractivity contribution < 1.29 is 0 Å². The number of aryl methyl sites for hydroxylation is 1. The average Bonchev–Trinajstić information content (AvgIpc) is 3.10. The molecule has 24 heavy (non-hydrogen) atoms. The van der Waals surface area contributed by atoms with E-state index in [1.54, 1.807) is 15.4 Å². The summed E-state index contributed by atoms with van der Waals surface area (Å²) in [5, 5.41) is 12.8. The molecule has 0 N–H and O–H groups in total. The molecule has 0 amide bonds. The fourth-order valence-electron chi connectivity index (χ4n) is 3.17. The molecule has 2 aromatic heterocycles. The third-order valence-corrected chi connectivity index (χ3v) is 4.53. The van der Waals surface area contributed by atoms with E-state index in [1.165, 1.54) is 0 Å². The van der Waals surface area contributed by atoms with Crippen LogP contribution in [0.1, 0.15) is 45.0 Å². The molecule has 0 saturated carbocycles. The lowest BCUT2D eigenvalue weighted by molar-refractivity contribution is 0.213. The van der Waals surface area contributed by atoms with Crippen molar-refractivity contribution >= 4 is 0 Å². The van der Waals surface area contributed by atoms with Crippen LogP contribution < -0.4 is 5.56 Å². The molecule has 7 nitrogen and oxygen atoms in total. The van der Waals surface area contributed by atoms with E-state index in [1.807, 2.05) is 19.3 Å². The fourth-order valence-corrected chi connectivity index (χ4v) is 3.17. The van der Waals surface area contributed by atoms with E-state index in [9.17, 15) is 4.79 Å². The van der Waals surface area contributed by atoms with Gasteiger partial charge in [-0.25, -0.2) is 4.68 Å². The zero-order valence-corrected chi connectivity index (χ0v) is 14.9. The van der Waals surface area contributed by atoms with Crippen molar-refractivity contribution in [1.29, 1.82) is 0 Å². The van der Waals surface area contributed by atoms with Crippen molar-refractivity contribution in [3.05, 3.63) is 40.1 Å². The lowest BCUT2D eigenvalue weighted by atomic mass is 9.92. The summed E-state index contributed by atoms with van der Waals surface area (Å²) >= 11 is 0. The Balaban J connectivity index is 1.76. The number of rotatable bonds is 4. The summed E-state index contributed by atoms with van der Waals surface area (Å²) in [7, 11) is 1.87. The first kappa shape index (κ1) is 16.8. The van der Waals surface area contributed by atoms with Gasteiger partial charge in [-0.3, -0.25) is 14.4 Å². The number of aromatic nitrogens is 5. The molecule has 130 valence electrons. The zero-order chi connectivity index (χ0) is 17.3. The van der Waals surface area contributed by atoms with E-state index in [0.29, 0.717) is 12.6 Å². The number of hydrogen-bond donors (Lipinski definition) is 0. The topological polar surface area (TPSA) is 68.8 Å². The molecule has 1 aliphatic rings. The van der Waals surface area contributed by atoms with Gasteiger partial charge < -0.3 is 0 Å². The summed E-state index contributed by atoms with van der Waals surface area (Å²) in [6, 6.07) is 3.79. The van der Waals surface area contributed by atoms with Gasteiger partial charge in [0, 0.05) is 37.3 Å². The van der Waals surface area contributed by atoms with Gasteiger partial charge in [-0.1, -0.05) is 26.0 Å². The van der Waals surface area contributed by atoms with Crippen molar-refractivity contribution in [2.45, 2.75) is 58.2 Å². The quantitative estimate of drug-likeness (QED) is 0.846. The Labute approximate surface area is 142 Å². The second-order valence-electron chi connectivity index (χ2n) is 7.64. The summed E-state index contributed by atoms with van der Waals surface area (Å²) in [6.45, 7) is 8.75. The van der Waals surface area contributed by atoms with Crippen LogP contribution in [0.15, 0.2) is 23.1 Å². The lowest BCUT2D eigenvalue weighted by Crippen LogP contribution is -2.37. The molecule has 2 aromatic rings. The van der Waals surface area contributed by atoms with Crippen LogP contribution in [0, 0.1) is 0 Å². The van der Waals surface area contributed by atoms with E-state index < -0.39 is 0 Å². The SMILES string of the molecule is Cn1cc(CN2CCCC2Cn2nc(C(C)(C)C)ccc2=O)nn1. The summed E-state index contributed by atoms with van der Waals surface area (Å²) in [5.41, 5.74) is 1.81. The van der Waals surface area contributed by atoms with E-state index >= 15 is 0 Å². The average molecular weight is 330 g/mol. The molecular formula is C17H26N6O. The van der Waals surface area contributed by atoms with Gasteiger partial charge >= 0.3 is 0 Å². The molecule has 0 bridgehead atoms. The predicted octanol–water partition coefficient (Wildman–Crippen LogP) is 1.33. The monoisotopic (exact) mass is 330 g/mol. The number of nitrogens with zero attached hydrogens (tertiary/aromatic N) is 6. The molecule has 0 radical (unpaired) electrons. The van der Waals surface area contributed by atoms with Crippen molar-refractivity contribution in [2.24, 2.45) is 7.05 Å². The first-order valence-corrected chi connectivity index (χ1v) is 8.51. The van der Waals surface area contributed by atoms with E-state index in [2.05, 4.69) is 41.1 Å². The molecule has 0 spiro atoms. The number of hydrogen-bond acceptors (Lipinski definition) is 5. The van der Waals surface area contributed by atoms with Gasteiger partial charge in [0.1, 0.15) is 0 Å². The maximum absolute atomic E-state index is 12.2. The van der Waals surface area contributed by atoms with E-state index in [0.717, 1.165) is 37.3 Å². The van der Waals surface area contributed by atoms with Crippen LogP contribution in [0.5, 0.6) is 0 Å². The highest BCUT2D eigenvalue weighted by molar-refractivity contribution is 5.10. The van der Waals surface area contributed by atoms with Crippen molar-refractivity contribution in [2.75, 3.05) is 6.54 Å². The Morgan fingerprint density at radius 1 is 1.29 bits per heavy atom. The molecule has 3 rings (SSSR count). The summed E-state index contributed by atoms with van der Waals surface area (Å²) in [6.07, 6.45) is 4.16. The van der Waals surface area contributed by atoms with Crippen molar-refractivity contribution in [3.63, 3.8) is 0 Å². The molecule has 0 aromatic carbocycles. The molecule has 1 saturated heterocycles. The first-order valence-electron chi connectivity index (χ1n) is 8.51. The van der Waals surface area contributed by atoms with E-state index in [4.69, 9.17) is 0 Å². The van der Waals surface area contributed by atoms with Gasteiger partial charge in [-0.15, -0.1) is 5.10 Å². The second kappa shape index (κ2) is 6.47. The van der Waals surface area contributed by atoms with Crippen LogP contribution >= 0.6 is 0 Å². The van der Waals surface area contributed by atoms with Gasteiger partial charge in [-0.05, 0) is 25.5 Å². The lowest BCUT2D eigenvalue weighted by Gasteiger charge is -2.24. The Hall–Kier alpha value is -2.02. The van der Waals surface area contributed by atoms with Gasteiger partial charge in [0.25, 0.3) is 5.56 Å². The van der Waals surface area contributed by atoms with Gasteiger partial charge in [-0.2, -0.15) is 5.10 Å². The summed E-state index contributed by atoms with van der Waals surface area (Å²) < 4.78 is 3.35. The summed E-state index contributed by atoms with van der Waals surface area (Å²) in [4.78, 5) is 14.6. The minimum Gasteiger partial charge on any atom is -0.293 e. The van der Waals surface area contributed by atoms with E-state index in [-0.39, 0.29) is 11.0 Å². The molecular weight excluding hydrogens is 304 g/mol. The molecule has 1 atom stereocenters. The third-order valence-electron chi connectivity index (χ3n) is 4.53. The van der Waals surface area contributed by atoms with Crippen LogP contribution in [0.3, 0.4) is 0 Å². The maximum Gasteiger partial charge on any atom is 0.266 e. The highest BCUT2D eigenvalue weighted by Gasteiger charge is 2.27. The van der Waals surface area contributed by atoms with Gasteiger partial charge in [0.2, 0.25) is 0 Å². The smallest absolute Gasteiger partial charge is 0.266 e. The largest absolute Gasteiger partial charge is 0.293 e. The third kappa shape index (κ3) is 3.72. The molecule has 3 heterocycles. The normalized spacial score (nSPS) is 19.1. The van der Waals surface area contributed by atoms with Gasteiger partial charge in [0.05, 0.1) is 17.9 Å². The van der Waals surface area contributed by atoms with Crippen molar-refractivity contribution in [3.8, 4) is 0 Å². The van der Waals surface area contributed by atoms with Crippen LogP contribution in [0.25, 0.3) is 0 Å². The molecule has 1 unspecified atom stereocenters. The highest BCUT2D eigenvalue weighted by Crippen LogP contribution is 2.21. The van der Waals surface area contributed by atoms with Crippen LogP contribution in [0.2, 0.25) is 0 Å². The van der Waals surface area contributed by atoms with Crippen LogP contribution in [-0.2, 0) is 25.6 Å². The highest BCUT2D eigenvalue weighted by atomic mass is 16.1. The minimum absolute atomic E-state index is 0.0330. The second-order valence-corrected chi connectivity index (χ2v) is 7.64. The van der Waals surface area contributed by atoms with Crippen molar-refractivity contribution in [1.82, 2.24) is 29.7 Å². The Kier molecular flexibility index (Phi) is 4.54.